The highest BCUT2D eigenvalue weighted by Crippen LogP contribution is 2.33. The summed E-state index contributed by atoms with van der Waals surface area (Å²) in [5.74, 6) is -1.12. The van der Waals surface area contributed by atoms with Gasteiger partial charge in [-0.15, -0.1) is 0 Å². The summed E-state index contributed by atoms with van der Waals surface area (Å²) in [5, 5.41) is 9.60. The molecule has 0 spiro atoms. The number of hydrogen-bond donors (Lipinski definition) is 1. The fraction of sp³-hybridized carbons (Fsp3) is 0.214. The van der Waals surface area contributed by atoms with E-state index in [1.165, 1.54) is 16.7 Å². The maximum absolute atomic E-state index is 12.3. The minimum atomic E-state index is -0.894. The third kappa shape index (κ3) is 4.46. The van der Waals surface area contributed by atoms with Crippen LogP contribution in [0.2, 0.25) is 10.0 Å². The zero-order valence-electron chi connectivity index (χ0n) is 11.2. The lowest BCUT2D eigenvalue weighted by molar-refractivity contribution is -0.137. The summed E-state index contributed by atoms with van der Waals surface area (Å²) in [4.78, 5) is 24.7. The molecule has 22 heavy (non-hydrogen) atoms. The smallest absolute Gasteiger partial charge is 0.303 e. The maximum atomic E-state index is 12.3. The fourth-order valence-corrected chi connectivity index (χ4v) is 3.74. The molecular formula is C14H11Cl2NO3S2. The average molecular weight is 376 g/mol. The number of carboxylic acids is 1. The van der Waals surface area contributed by atoms with Gasteiger partial charge in [-0.25, -0.2) is 0 Å². The molecule has 1 amide bonds. The van der Waals surface area contributed by atoms with Gasteiger partial charge >= 0.3 is 5.97 Å². The minimum absolute atomic E-state index is 0.00000868. The van der Waals surface area contributed by atoms with Gasteiger partial charge in [0.2, 0.25) is 0 Å². The Morgan fingerprint density at radius 1 is 1.32 bits per heavy atom. The number of halogens is 2. The first-order chi connectivity index (χ1) is 10.4. The highest BCUT2D eigenvalue weighted by Gasteiger charge is 2.31. The monoisotopic (exact) mass is 375 g/mol. The van der Waals surface area contributed by atoms with Crippen LogP contribution in [-0.2, 0) is 9.59 Å². The van der Waals surface area contributed by atoms with Gasteiger partial charge in [-0.05, 0) is 36.3 Å². The molecule has 0 aromatic heterocycles. The molecule has 0 radical (unpaired) electrons. The highest BCUT2D eigenvalue weighted by atomic mass is 35.5. The fourth-order valence-electron chi connectivity index (χ4n) is 1.89. The molecule has 1 saturated heterocycles. The molecule has 1 aliphatic heterocycles. The Labute approximate surface area is 147 Å². The highest BCUT2D eigenvalue weighted by molar-refractivity contribution is 8.26. The molecular weight excluding hydrogens is 365 g/mol. The number of hydrogen-bond acceptors (Lipinski definition) is 4. The summed E-state index contributed by atoms with van der Waals surface area (Å²) in [7, 11) is 0. The van der Waals surface area contributed by atoms with Crippen molar-refractivity contribution in [3.63, 3.8) is 0 Å². The van der Waals surface area contributed by atoms with Crippen molar-refractivity contribution in [3.05, 3.63) is 38.7 Å². The molecule has 0 saturated carbocycles. The lowest BCUT2D eigenvalue weighted by Gasteiger charge is -2.13. The molecule has 1 heterocycles. The number of carboxylic acid groups (broad SMARTS) is 1. The molecule has 0 bridgehead atoms. The zero-order chi connectivity index (χ0) is 16.3. The molecule has 1 aliphatic rings. The van der Waals surface area contributed by atoms with Gasteiger partial charge in [0.25, 0.3) is 5.91 Å². The summed E-state index contributed by atoms with van der Waals surface area (Å²) in [6.07, 6.45) is 2.03. The Morgan fingerprint density at radius 3 is 2.55 bits per heavy atom. The lowest BCUT2D eigenvalue weighted by Crippen LogP contribution is -2.29. The second-order valence-electron chi connectivity index (χ2n) is 4.53. The maximum Gasteiger partial charge on any atom is 0.303 e. The van der Waals surface area contributed by atoms with Crippen molar-refractivity contribution in [1.29, 1.82) is 0 Å². The van der Waals surface area contributed by atoms with E-state index in [1.54, 1.807) is 24.3 Å². The molecule has 116 valence electrons. The first kappa shape index (κ1) is 17.3. The van der Waals surface area contributed by atoms with Gasteiger partial charge in [0.1, 0.15) is 4.32 Å². The third-order valence-corrected chi connectivity index (χ3v) is 4.64. The Balaban J connectivity index is 2.13. The van der Waals surface area contributed by atoms with Crippen molar-refractivity contribution in [2.24, 2.45) is 0 Å². The van der Waals surface area contributed by atoms with Crippen molar-refractivity contribution in [2.45, 2.75) is 12.8 Å². The van der Waals surface area contributed by atoms with Crippen LogP contribution in [0.3, 0.4) is 0 Å². The minimum Gasteiger partial charge on any atom is -0.481 e. The molecule has 0 unspecified atom stereocenters. The van der Waals surface area contributed by atoms with Crippen molar-refractivity contribution in [2.75, 3.05) is 6.54 Å². The van der Waals surface area contributed by atoms with Crippen molar-refractivity contribution in [3.8, 4) is 0 Å². The number of rotatable bonds is 5. The molecule has 1 N–H and O–H groups in total. The number of carbonyl (C=O) groups excluding carboxylic acids is 1. The van der Waals surface area contributed by atoms with E-state index in [4.69, 9.17) is 40.5 Å². The van der Waals surface area contributed by atoms with E-state index < -0.39 is 5.97 Å². The van der Waals surface area contributed by atoms with Crippen LogP contribution in [-0.4, -0.2) is 32.7 Å². The van der Waals surface area contributed by atoms with Gasteiger partial charge in [0.05, 0.1) is 4.91 Å². The second kappa shape index (κ2) is 7.46. The van der Waals surface area contributed by atoms with E-state index in [9.17, 15) is 9.59 Å². The predicted octanol–water partition coefficient (Wildman–Crippen LogP) is 4.06. The van der Waals surface area contributed by atoms with Crippen molar-refractivity contribution < 1.29 is 14.7 Å². The Kier molecular flexibility index (Phi) is 5.86. The van der Waals surface area contributed by atoms with Crippen LogP contribution in [0.5, 0.6) is 0 Å². The van der Waals surface area contributed by atoms with Gasteiger partial charge in [-0.1, -0.05) is 47.2 Å². The first-order valence-corrected chi connectivity index (χ1v) is 8.28. The van der Waals surface area contributed by atoms with Gasteiger partial charge in [-0.3, -0.25) is 14.5 Å². The summed E-state index contributed by atoms with van der Waals surface area (Å²) < 4.78 is 0.426. The Morgan fingerprint density at radius 2 is 1.95 bits per heavy atom. The Hall–Kier alpha value is -1.08. The van der Waals surface area contributed by atoms with Crippen LogP contribution >= 0.6 is 47.2 Å². The van der Waals surface area contributed by atoms with Crippen LogP contribution in [0.1, 0.15) is 18.4 Å². The summed E-state index contributed by atoms with van der Waals surface area (Å²) in [5.41, 5.74) is 0.712. The number of benzene rings is 1. The summed E-state index contributed by atoms with van der Waals surface area (Å²) >= 11 is 18.2. The molecule has 1 aromatic rings. The van der Waals surface area contributed by atoms with Crippen LogP contribution < -0.4 is 0 Å². The summed E-state index contributed by atoms with van der Waals surface area (Å²) in [6, 6.07) is 5.01. The number of thiocarbonyl (C=S) groups is 1. The number of thioether (sulfide) groups is 1. The first-order valence-electron chi connectivity index (χ1n) is 6.30. The van der Waals surface area contributed by atoms with E-state index in [1.807, 2.05) is 0 Å². The molecule has 2 rings (SSSR count). The summed E-state index contributed by atoms with van der Waals surface area (Å²) in [6.45, 7) is 0.296. The topological polar surface area (TPSA) is 57.6 Å². The second-order valence-corrected chi connectivity index (χ2v) is 7.08. The lowest BCUT2D eigenvalue weighted by atomic mass is 10.2. The number of amides is 1. The van der Waals surface area contributed by atoms with E-state index >= 15 is 0 Å². The number of aliphatic carboxylic acids is 1. The number of carbonyl (C=O) groups is 2. The van der Waals surface area contributed by atoms with Gasteiger partial charge in [0, 0.05) is 23.0 Å². The molecule has 8 heteroatoms. The van der Waals surface area contributed by atoms with Crippen LogP contribution in [0, 0.1) is 0 Å². The molecule has 1 aromatic carbocycles. The average Bonchev–Trinajstić information content (AvgIpc) is 2.64. The third-order valence-electron chi connectivity index (χ3n) is 2.83. The van der Waals surface area contributed by atoms with Crippen molar-refractivity contribution >= 4 is 69.5 Å². The van der Waals surface area contributed by atoms with Crippen molar-refractivity contribution in [1.82, 2.24) is 4.90 Å². The number of nitrogens with zero attached hydrogens (tertiary/aromatic N) is 1. The van der Waals surface area contributed by atoms with Crippen LogP contribution in [0.4, 0.5) is 0 Å². The normalized spacial score (nSPS) is 16.6. The van der Waals surface area contributed by atoms with E-state index in [2.05, 4.69) is 0 Å². The molecule has 1 fully saturated rings. The van der Waals surface area contributed by atoms with Crippen LogP contribution in [0.15, 0.2) is 23.1 Å². The standard InChI is InChI=1S/C14H11Cl2NO3S2/c15-9-4-8(5-10(16)7-9)6-11-13(20)17(14(21)22-11)3-1-2-12(18)19/h4-7H,1-3H2,(H,18,19). The molecule has 4 nitrogen and oxygen atoms in total. The Bertz CT molecular complexity index is 656. The van der Waals surface area contributed by atoms with Crippen LogP contribution in [0.25, 0.3) is 6.08 Å². The SMILES string of the molecule is O=C(O)CCCN1C(=O)C(=Cc2cc(Cl)cc(Cl)c2)SC1=S. The van der Waals surface area contributed by atoms with Gasteiger partial charge in [-0.2, -0.15) is 0 Å². The van der Waals surface area contributed by atoms with E-state index in [-0.39, 0.29) is 12.3 Å². The molecule has 0 atom stereocenters. The van der Waals surface area contributed by atoms with Gasteiger partial charge < -0.3 is 5.11 Å². The van der Waals surface area contributed by atoms with E-state index in [0.717, 1.165) is 0 Å². The van der Waals surface area contributed by atoms with Gasteiger partial charge in [0.15, 0.2) is 0 Å². The molecule has 0 aliphatic carbocycles. The predicted molar refractivity (Wildman–Crippen MR) is 93.2 cm³/mol. The van der Waals surface area contributed by atoms with E-state index in [0.29, 0.717) is 37.8 Å². The quantitative estimate of drug-likeness (QED) is 0.621. The largest absolute Gasteiger partial charge is 0.481 e. The zero-order valence-corrected chi connectivity index (χ0v) is 14.4.